The molecule has 1 atom stereocenters. The molecule has 1 saturated heterocycles. The lowest BCUT2D eigenvalue weighted by Crippen LogP contribution is -2.13. The molecule has 60 valence electrons. The van der Waals surface area contributed by atoms with Crippen molar-refractivity contribution in [1.29, 1.82) is 0 Å². The van der Waals surface area contributed by atoms with Crippen LogP contribution < -0.4 is 5.32 Å². The first-order valence-corrected chi connectivity index (χ1v) is 4.72. The van der Waals surface area contributed by atoms with Crippen molar-refractivity contribution in [3.8, 4) is 0 Å². The molecule has 1 fully saturated rings. The van der Waals surface area contributed by atoms with Gasteiger partial charge in [0.25, 0.3) is 0 Å². The smallest absolute Gasteiger partial charge is 0.0897 e. The van der Waals surface area contributed by atoms with Crippen molar-refractivity contribution in [2.24, 2.45) is 0 Å². The molecule has 0 spiro atoms. The Labute approximate surface area is 70.7 Å². The minimum Gasteiger partial charge on any atom is -0.308 e. The van der Waals surface area contributed by atoms with Crippen molar-refractivity contribution in [3.63, 3.8) is 0 Å². The highest BCUT2D eigenvalue weighted by atomic mass is 32.1. The van der Waals surface area contributed by atoms with Gasteiger partial charge < -0.3 is 5.32 Å². The summed E-state index contributed by atoms with van der Waals surface area (Å²) in [6.07, 6.45) is 1.08. The molecule has 2 rings (SSSR count). The molecule has 0 radical (unpaired) electrons. The first-order chi connectivity index (χ1) is 5.18. The number of hydrogen-bond donors (Lipinski definition) is 1. The first-order valence-electron chi connectivity index (χ1n) is 3.84. The Hall–Kier alpha value is -0.410. The Balaban J connectivity index is 2.06. The van der Waals surface area contributed by atoms with Gasteiger partial charge in [-0.1, -0.05) is 0 Å². The standard InChI is InChI=1S/C8H12N2S/c1-6-10-7(4-11-6)3-8(2)5-9-8/h4,9H,3,5H2,1-2H3. The van der Waals surface area contributed by atoms with E-state index in [9.17, 15) is 0 Å². The third-order valence-electron chi connectivity index (χ3n) is 2.02. The number of thiazole rings is 1. The van der Waals surface area contributed by atoms with Gasteiger partial charge in [-0.3, -0.25) is 0 Å². The Kier molecular flexibility index (Phi) is 1.51. The van der Waals surface area contributed by atoms with E-state index < -0.39 is 0 Å². The molecule has 11 heavy (non-hydrogen) atoms. The van der Waals surface area contributed by atoms with E-state index in [2.05, 4.69) is 29.5 Å². The summed E-state index contributed by atoms with van der Waals surface area (Å²) in [5.41, 5.74) is 1.60. The van der Waals surface area contributed by atoms with Gasteiger partial charge in [0.15, 0.2) is 0 Å². The van der Waals surface area contributed by atoms with Crippen LogP contribution in [0.4, 0.5) is 0 Å². The van der Waals surface area contributed by atoms with Gasteiger partial charge in [-0.25, -0.2) is 4.98 Å². The SMILES string of the molecule is Cc1nc(CC2(C)CN2)cs1. The topological polar surface area (TPSA) is 34.8 Å². The summed E-state index contributed by atoms with van der Waals surface area (Å²) in [4.78, 5) is 4.41. The fraction of sp³-hybridized carbons (Fsp3) is 0.625. The fourth-order valence-corrected chi connectivity index (χ4v) is 1.78. The molecule has 0 saturated carbocycles. The Morgan fingerprint density at radius 2 is 2.55 bits per heavy atom. The van der Waals surface area contributed by atoms with E-state index >= 15 is 0 Å². The van der Waals surface area contributed by atoms with Crippen LogP contribution in [0.25, 0.3) is 0 Å². The number of aromatic nitrogens is 1. The summed E-state index contributed by atoms with van der Waals surface area (Å²) in [6.45, 7) is 5.43. The van der Waals surface area contributed by atoms with Crippen LogP contribution >= 0.6 is 11.3 Å². The van der Waals surface area contributed by atoms with Crippen LogP contribution in [0.5, 0.6) is 0 Å². The molecule has 3 heteroatoms. The van der Waals surface area contributed by atoms with E-state index in [1.165, 1.54) is 10.7 Å². The van der Waals surface area contributed by atoms with Gasteiger partial charge in [-0.05, 0) is 13.8 Å². The summed E-state index contributed by atoms with van der Waals surface area (Å²) in [5, 5.41) is 6.66. The fourth-order valence-electron chi connectivity index (χ4n) is 1.17. The zero-order valence-electron chi connectivity index (χ0n) is 6.85. The lowest BCUT2D eigenvalue weighted by Gasteiger charge is -2.01. The van der Waals surface area contributed by atoms with E-state index in [1.54, 1.807) is 11.3 Å². The minimum absolute atomic E-state index is 0.362. The summed E-state index contributed by atoms with van der Waals surface area (Å²) in [7, 11) is 0. The van der Waals surface area contributed by atoms with Crippen LogP contribution in [0, 0.1) is 6.92 Å². The van der Waals surface area contributed by atoms with Gasteiger partial charge in [-0.15, -0.1) is 11.3 Å². The number of nitrogens with one attached hydrogen (secondary N) is 1. The molecule has 1 aliphatic heterocycles. The molecule has 1 N–H and O–H groups in total. The second kappa shape index (κ2) is 2.29. The Morgan fingerprint density at radius 1 is 1.82 bits per heavy atom. The van der Waals surface area contributed by atoms with Gasteiger partial charge in [0.05, 0.1) is 10.7 Å². The lowest BCUT2D eigenvalue weighted by molar-refractivity contribution is 0.680. The van der Waals surface area contributed by atoms with E-state index in [0.717, 1.165) is 13.0 Å². The van der Waals surface area contributed by atoms with E-state index in [-0.39, 0.29) is 0 Å². The zero-order valence-corrected chi connectivity index (χ0v) is 7.66. The number of rotatable bonds is 2. The second-order valence-electron chi connectivity index (χ2n) is 3.45. The Bertz CT molecular complexity index is 263. The quantitative estimate of drug-likeness (QED) is 0.677. The molecule has 1 unspecified atom stereocenters. The van der Waals surface area contributed by atoms with Gasteiger partial charge >= 0.3 is 0 Å². The maximum absolute atomic E-state index is 4.41. The number of aryl methyl sites for hydroxylation is 1. The predicted octanol–water partition coefficient (Wildman–Crippen LogP) is 1.36. The van der Waals surface area contributed by atoms with Gasteiger partial charge in [0, 0.05) is 23.9 Å². The second-order valence-corrected chi connectivity index (χ2v) is 4.51. The van der Waals surface area contributed by atoms with Crippen molar-refractivity contribution >= 4 is 11.3 Å². The third kappa shape index (κ3) is 1.60. The van der Waals surface area contributed by atoms with Gasteiger partial charge in [-0.2, -0.15) is 0 Å². The molecular weight excluding hydrogens is 156 g/mol. The van der Waals surface area contributed by atoms with E-state index in [0.29, 0.717) is 5.54 Å². The van der Waals surface area contributed by atoms with Crippen LogP contribution in [0.15, 0.2) is 5.38 Å². The van der Waals surface area contributed by atoms with Crippen molar-refractivity contribution in [2.45, 2.75) is 25.8 Å². The molecule has 0 amide bonds. The lowest BCUT2D eigenvalue weighted by atomic mass is 10.1. The van der Waals surface area contributed by atoms with Crippen molar-refractivity contribution in [3.05, 3.63) is 16.1 Å². The zero-order chi connectivity index (χ0) is 7.90. The molecule has 1 aromatic heterocycles. The third-order valence-corrected chi connectivity index (χ3v) is 2.84. The van der Waals surface area contributed by atoms with E-state index in [4.69, 9.17) is 0 Å². The molecule has 1 aromatic rings. The first kappa shape index (κ1) is 7.25. The molecular formula is C8H12N2S. The van der Waals surface area contributed by atoms with Crippen LogP contribution in [0.1, 0.15) is 17.6 Å². The normalized spacial score (nSPS) is 28.9. The van der Waals surface area contributed by atoms with Crippen LogP contribution in [-0.4, -0.2) is 17.1 Å². The molecule has 1 aliphatic rings. The van der Waals surface area contributed by atoms with Crippen LogP contribution in [-0.2, 0) is 6.42 Å². The minimum atomic E-state index is 0.362. The predicted molar refractivity (Wildman–Crippen MR) is 47.0 cm³/mol. The maximum Gasteiger partial charge on any atom is 0.0897 e. The molecule has 0 aliphatic carbocycles. The Morgan fingerprint density at radius 3 is 3.00 bits per heavy atom. The molecule has 0 bridgehead atoms. The number of nitrogens with zero attached hydrogens (tertiary/aromatic N) is 1. The monoisotopic (exact) mass is 168 g/mol. The average Bonchev–Trinajstić information content (AvgIpc) is 2.49. The summed E-state index contributed by atoms with van der Waals surface area (Å²) >= 11 is 1.73. The molecule has 0 aromatic carbocycles. The highest BCUT2D eigenvalue weighted by Crippen LogP contribution is 2.22. The van der Waals surface area contributed by atoms with Gasteiger partial charge in [0.2, 0.25) is 0 Å². The van der Waals surface area contributed by atoms with Crippen LogP contribution in [0.2, 0.25) is 0 Å². The maximum atomic E-state index is 4.41. The van der Waals surface area contributed by atoms with Crippen molar-refractivity contribution in [2.75, 3.05) is 6.54 Å². The summed E-state index contributed by atoms with van der Waals surface area (Å²) in [5.74, 6) is 0. The van der Waals surface area contributed by atoms with Crippen LogP contribution in [0.3, 0.4) is 0 Å². The van der Waals surface area contributed by atoms with E-state index in [1.807, 2.05) is 0 Å². The van der Waals surface area contributed by atoms with Crippen molar-refractivity contribution < 1.29 is 0 Å². The molecule has 2 heterocycles. The molecule has 2 nitrogen and oxygen atoms in total. The highest BCUT2D eigenvalue weighted by Gasteiger charge is 2.36. The summed E-state index contributed by atoms with van der Waals surface area (Å²) < 4.78 is 0. The highest BCUT2D eigenvalue weighted by molar-refractivity contribution is 7.09. The van der Waals surface area contributed by atoms with Crippen molar-refractivity contribution in [1.82, 2.24) is 10.3 Å². The summed E-state index contributed by atoms with van der Waals surface area (Å²) in [6, 6.07) is 0. The average molecular weight is 168 g/mol. The number of hydrogen-bond acceptors (Lipinski definition) is 3. The largest absolute Gasteiger partial charge is 0.308 e. The van der Waals surface area contributed by atoms with Gasteiger partial charge in [0.1, 0.15) is 0 Å².